The number of carbonyl (C=O) groups excluding carboxylic acids is 2. The van der Waals surface area contributed by atoms with Crippen molar-refractivity contribution in [3.8, 4) is 5.75 Å². The zero-order valence-corrected chi connectivity index (χ0v) is 14.2. The Morgan fingerprint density at radius 1 is 1.28 bits per heavy atom. The van der Waals surface area contributed by atoms with Crippen molar-refractivity contribution < 1.29 is 19.1 Å². The number of likely N-dealkylation sites (tertiary alicyclic amines) is 1. The lowest BCUT2D eigenvalue weighted by atomic mass is 10.0. The van der Waals surface area contributed by atoms with Gasteiger partial charge in [0.15, 0.2) is 5.76 Å². The molecule has 2 N–H and O–H groups in total. The molecule has 2 amide bonds. The molecule has 2 heterocycles. The Labute approximate surface area is 146 Å². The van der Waals surface area contributed by atoms with Crippen LogP contribution in [0.2, 0.25) is 0 Å². The van der Waals surface area contributed by atoms with Gasteiger partial charge in [-0.1, -0.05) is 13.0 Å². The van der Waals surface area contributed by atoms with Gasteiger partial charge in [-0.3, -0.25) is 9.59 Å². The number of hydrogen-bond donors (Lipinski definition) is 2. The molecule has 6 nitrogen and oxygen atoms in total. The van der Waals surface area contributed by atoms with Gasteiger partial charge in [-0.15, -0.1) is 0 Å². The highest BCUT2D eigenvalue weighted by molar-refractivity contribution is 5.97. The first-order valence-corrected chi connectivity index (χ1v) is 8.54. The zero-order chi connectivity index (χ0) is 17.8. The monoisotopic (exact) mass is 342 g/mol. The Morgan fingerprint density at radius 2 is 2.04 bits per heavy atom. The molecule has 1 aliphatic heterocycles. The van der Waals surface area contributed by atoms with Crippen molar-refractivity contribution in [2.45, 2.75) is 32.2 Å². The van der Waals surface area contributed by atoms with Crippen LogP contribution in [0, 0.1) is 0 Å². The molecular formula is C19H22N2O4. The standard InChI is InChI=1S/C19H22N2O4/c1-2-13-5-6-16(22)15(12-13)18(23)20-14-7-9-21(10-8-14)19(24)17-4-3-11-25-17/h3-6,11-12,14,22H,2,7-10H2,1H3,(H,20,23). The molecule has 6 heteroatoms. The number of piperidine rings is 1. The van der Waals surface area contributed by atoms with Crippen molar-refractivity contribution in [3.63, 3.8) is 0 Å². The fourth-order valence-electron chi connectivity index (χ4n) is 3.03. The van der Waals surface area contributed by atoms with E-state index in [2.05, 4.69) is 5.32 Å². The maximum Gasteiger partial charge on any atom is 0.289 e. The Kier molecular flexibility index (Phi) is 5.07. The van der Waals surface area contributed by atoms with E-state index < -0.39 is 0 Å². The summed E-state index contributed by atoms with van der Waals surface area (Å²) in [7, 11) is 0. The van der Waals surface area contributed by atoms with Gasteiger partial charge in [-0.05, 0) is 49.1 Å². The van der Waals surface area contributed by atoms with Gasteiger partial charge in [0.25, 0.3) is 11.8 Å². The molecule has 0 aliphatic carbocycles. The van der Waals surface area contributed by atoms with Gasteiger partial charge in [0.05, 0.1) is 11.8 Å². The molecule has 0 saturated carbocycles. The number of benzene rings is 1. The van der Waals surface area contributed by atoms with Crippen LogP contribution in [-0.2, 0) is 6.42 Å². The molecular weight excluding hydrogens is 320 g/mol. The van der Waals surface area contributed by atoms with Crippen molar-refractivity contribution in [1.29, 1.82) is 0 Å². The van der Waals surface area contributed by atoms with Gasteiger partial charge in [-0.25, -0.2) is 0 Å². The van der Waals surface area contributed by atoms with E-state index >= 15 is 0 Å². The highest BCUT2D eigenvalue weighted by atomic mass is 16.3. The summed E-state index contributed by atoms with van der Waals surface area (Å²) in [6, 6.07) is 8.41. The van der Waals surface area contributed by atoms with Gasteiger partial charge in [0.2, 0.25) is 0 Å². The summed E-state index contributed by atoms with van der Waals surface area (Å²) in [5.41, 5.74) is 1.30. The molecule has 0 radical (unpaired) electrons. The molecule has 1 aliphatic rings. The number of carbonyl (C=O) groups is 2. The van der Waals surface area contributed by atoms with E-state index in [4.69, 9.17) is 4.42 Å². The molecule has 0 spiro atoms. The normalized spacial score (nSPS) is 15.2. The molecule has 2 aromatic rings. The van der Waals surface area contributed by atoms with Crippen LogP contribution >= 0.6 is 0 Å². The van der Waals surface area contributed by atoms with E-state index in [1.807, 2.05) is 13.0 Å². The van der Waals surface area contributed by atoms with Crippen molar-refractivity contribution in [2.24, 2.45) is 0 Å². The summed E-state index contributed by atoms with van der Waals surface area (Å²) in [4.78, 5) is 26.4. The third-order valence-corrected chi connectivity index (χ3v) is 4.56. The molecule has 0 bridgehead atoms. The minimum Gasteiger partial charge on any atom is -0.507 e. The van der Waals surface area contributed by atoms with E-state index in [1.54, 1.807) is 29.2 Å². The van der Waals surface area contributed by atoms with Crippen LogP contribution in [0.5, 0.6) is 5.75 Å². The second-order valence-electron chi connectivity index (χ2n) is 6.22. The average molecular weight is 342 g/mol. The number of furan rings is 1. The van der Waals surface area contributed by atoms with Crippen LogP contribution in [0.15, 0.2) is 41.0 Å². The Morgan fingerprint density at radius 3 is 2.68 bits per heavy atom. The fraction of sp³-hybridized carbons (Fsp3) is 0.368. The van der Waals surface area contributed by atoms with E-state index in [-0.39, 0.29) is 23.6 Å². The van der Waals surface area contributed by atoms with Crippen LogP contribution in [-0.4, -0.2) is 41.0 Å². The molecule has 0 unspecified atom stereocenters. The van der Waals surface area contributed by atoms with E-state index in [9.17, 15) is 14.7 Å². The maximum atomic E-state index is 12.4. The van der Waals surface area contributed by atoms with Gasteiger partial charge in [0.1, 0.15) is 5.75 Å². The van der Waals surface area contributed by atoms with Gasteiger partial charge in [0, 0.05) is 19.1 Å². The largest absolute Gasteiger partial charge is 0.507 e. The molecule has 3 rings (SSSR count). The molecule has 1 aromatic heterocycles. The summed E-state index contributed by atoms with van der Waals surface area (Å²) in [5, 5.41) is 12.9. The smallest absolute Gasteiger partial charge is 0.289 e. The van der Waals surface area contributed by atoms with E-state index in [0.29, 0.717) is 37.3 Å². The lowest BCUT2D eigenvalue weighted by Crippen LogP contribution is -2.46. The topological polar surface area (TPSA) is 82.8 Å². The summed E-state index contributed by atoms with van der Waals surface area (Å²) in [6.45, 7) is 3.12. The second kappa shape index (κ2) is 7.42. The lowest BCUT2D eigenvalue weighted by molar-refractivity contribution is 0.0667. The van der Waals surface area contributed by atoms with E-state index in [0.717, 1.165) is 12.0 Å². The predicted octanol–water partition coefficient (Wildman–Crippen LogP) is 2.58. The van der Waals surface area contributed by atoms with E-state index in [1.165, 1.54) is 6.26 Å². The zero-order valence-electron chi connectivity index (χ0n) is 14.2. The molecule has 1 aromatic carbocycles. The lowest BCUT2D eigenvalue weighted by Gasteiger charge is -2.32. The molecule has 1 fully saturated rings. The average Bonchev–Trinajstić information content (AvgIpc) is 3.17. The number of phenols is 1. The maximum absolute atomic E-state index is 12.4. The number of aryl methyl sites for hydroxylation is 1. The minimum absolute atomic E-state index is 0.0138. The molecule has 0 atom stereocenters. The number of aromatic hydroxyl groups is 1. The van der Waals surface area contributed by atoms with Gasteiger partial charge < -0.3 is 19.7 Å². The highest BCUT2D eigenvalue weighted by Crippen LogP contribution is 2.20. The summed E-state index contributed by atoms with van der Waals surface area (Å²) in [5.74, 6) is -0.0735. The number of amides is 2. The van der Waals surface area contributed by atoms with Crippen molar-refractivity contribution in [1.82, 2.24) is 10.2 Å². The number of phenolic OH excluding ortho intramolecular Hbond substituents is 1. The minimum atomic E-state index is -0.274. The van der Waals surface area contributed by atoms with Crippen molar-refractivity contribution in [2.75, 3.05) is 13.1 Å². The first-order valence-electron chi connectivity index (χ1n) is 8.54. The molecule has 132 valence electrons. The number of hydrogen-bond acceptors (Lipinski definition) is 4. The first kappa shape index (κ1) is 17.1. The first-order chi connectivity index (χ1) is 12.1. The predicted molar refractivity (Wildman–Crippen MR) is 92.6 cm³/mol. The Balaban J connectivity index is 1.57. The fourth-order valence-corrected chi connectivity index (χ4v) is 3.03. The summed E-state index contributed by atoms with van der Waals surface area (Å²) in [6.07, 6.45) is 3.63. The van der Waals surface area contributed by atoms with Crippen molar-refractivity contribution >= 4 is 11.8 Å². The summed E-state index contributed by atoms with van der Waals surface area (Å²) < 4.78 is 5.14. The van der Waals surface area contributed by atoms with Crippen LogP contribution in [0.1, 0.15) is 46.2 Å². The second-order valence-corrected chi connectivity index (χ2v) is 6.22. The van der Waals surface area contributed by atoms with Gasteiger partial charge in [-0.2, -0.15) is 0 Å². The van der Waals surface area contributed by atoms with Crippen LogP contribution in [0.25, 0.3) is 0 Å². The van der Waals surface area contributed by atoms with Crippen LogP contribution in [0.4, 0.5) is 0 Å². The quantitative estimate of drug-likeness (QED) is 0.895. The number of nitrogens with zero attached hydrogens (tertiary/aromatic N) is 1. The molecule has 25 heavy (non-hydrogen) atoms. The van der Waals surface area contributed by atoms with Crippen LogP contribution < -0.4 is 5.32 Å². The number of nitrogens with one attached hydrogen (secondary N) is 1. The van der Waals surface area contributed by atoms with Crippen molar-refractivity contribution in [3.05, 3.63) is 53.5 Å². The van der Waals surface area contributed by atoms with Gasteiger partial charge >= 0.3 is 0 Å². The highest BCUT2D eigenvalue weighted by Gasteiger charge is 2.26. The summed E-state index contributed by atoms with van der Waals surface area (Å²) >= 11 is 0. The molecule has 1 saturated heterocycles. The third-order valence-electron chi connectivity index (χ3n) is 4.56. The third kappa shape index (κ3) is 3.84. The SMILES string of the molecule is CCc1ccc(O)c(C(=O)NC2CCN(C(=O)c3ccco3)CC2)c1. The number of rotatable bonds is 4. The van der Waals surface area contributed by atoms with Crippen LogP contribution in [0.3, 0.4) is 0 Å². The Hall–Kier alpha value is -2.76. The Bertz CT molecular complexity index is 747.